The molecule has 5 N–H and O–H groups in total. The van der Waals surface area contributed by atoms with Crippen LogP contribution in [0.4, 0.5) is 11.4 Å². The van der Waals surface area contributed by atoms with Crippen LogP contribution in [-0.2, 0) is 0 Å². The summed E-state index contributed by atoms with van der Waals surface area (Å²) in [4.78, 5) is 12.2. The number of anilines is 2. The largest absolute Gasteiger partial charge is 0.399 e. The van der Waals surface area contributed by atoms with Crippen molar-refractivity contribution in [3.63, 3.8) is 0 Å². The highest BCUT2D eigenvalue weighted by Gasteiger charge is 2.14. The third-order valence-corrected chi connectivity index (χ3v) is 3.25. The highest BCUT2D eigenvalue weighted by atomic mass is 35.5. The Bertz CT molecular complexity index is 643. The lowest BCUT2D eigenvalue weighted by Crippen LogP contribution is -2.27. The number of nitrogens with two attached hydrogens (primary N) is 2. The van der Waals surface area contributed by atoms with E-state index >= 15 is 0 Å². The normalized spacial score (nSPS) is 11.9. The average molecular weight is 290 g/mol. The molecule has 0 aliphatic heterocycles. The van der Waals surface area contributed by atoms with Gasteiger partial charge in [0.15, 0.2) is 0 Å². The zero-order valence-corrected chi connectivity index (χ0v) is 11.8. The second-order valence-electron chi connectivity index (χ2n) is 4.60. The van der Waals surface area contributed by atoms with Gasteiger partial charge >= 0.3 is 0 Å². The van der Waals surface area contributed by atoms with Crippen molar-refractivity contribution in [1.82, 2.24) is 5.32 Å². The van der Waals surface area contributed by atoms with Crippen LogP contribution < -0.4 is 16.8 Å². The van der Waals surface area contributed by atoms with Crippen molar-refractivity contribution in [1.29, 1.82) is 0 Å². The van der Waals surface area contributed by atoms with Crippen LogP contribution in [-0.4, -0.2) is 5.91 Å². The van der Waals surface area contributed by atoms with Crippen LogP contribution in [0.1, 0.15) is 28.9 Å². The molecular formula is C15H16ClN3O. The molecule has 20 heavy (non-hydrogen) atoms. The summed E-state index contributed by atoms with van der Waals surface area (Å²) in [5, 5.41) is 3.52. The number of carbonyl (C=O) groups excluding carboxylic acids is 1. The fourth-order valence-corrected chi connectivity index (χ4v) is 2.12. The molecule has 2 rings (SSSR count). The summed E-state index contributed by atoms with van der Waals surface area (Å²) in [6.45, 7) is 1.89. The van der Waals surface area contributed by atoms with E-state index in [2.05, 4.69) is 5.32 Å². The van der Waals surface area contributed by atoms with E-state index < -0.39 is 0 Å². The first-order chi connectivity index (χ1) is 9.47. The van der Waals surface area contributed by atoms with Gasteiger partial charge in [0.1, 0.15) is 0 Å². The molecule has 0 aromatic heterocycles. The van der Waals surface area contributed by atoms with Gasteiger partial charge in [0.2, 0.25) is 0 Å². The molecule has 0 spiro atoms. The van der Waals surface area contributed by atoms with Gasteiger partial charge in [-0.3, -0.25) is 4.79 Å². The van der Waals surface area contributed by atoms with Gasteiger partial charge in [-0.1, -0.05) is 23.7 Å². The molecule has 1 unspecified atom stereocenters. The molecule has 5 heteroatoms. The number of nitrogen functional groups attached to an aromatic ring is 2. The van der Waals surface area contributed by atoms with Crippen molar-refractivity contribution < 1.29 is 4.79 Å². The highest BCUT2D eigenvalue weighted by Crippen LogP contribution is 2.20. The number of carbonyl (C=O) groups is 1. The van der Waals surface area contributed by atoms with Gasteiger partial charge in [-0.2, -0.15) is 0 Å². The van der Waals surface area contributed by atoms with Crippen molar-refractivity contribution in [3.8, 4) is 0 Å². The van der Waals surface area contributed by atoms with Crippen LogP contribution in [0.5, 0.6) is 0 Å². The fourth-order valence-electron chi connectivity index (χ4n) is 1.92. The molecule has 4 nitrogen and oxygen atoms in total. The maximum absolute atomic E-state index is 12.2. The molecule has 1 atom stereocenters. The molecule has 0 saturated carbocycles. The van der Waals surface area contributed by atoms with Gasteiger partial charge in [0.05, 0.1) is 11.6 Å². The quantitative estimate of drug-likeness (QED) is 0.760. The van der Waals surface area contributed by atoms with Crippen molar-refractivity contribution in [2.24, 2.45) is 0 Å². The van der Waals surface area contributed by atoms with Gasteiger partial charge in [-0.15, -0.1) is 0 Å². The predicted octanol–water partition coefficient (Wildman–Crippen LogP) is 3.00. The SMILES string of the molecule is CC(NC(=O)c1ccc(N)cc1N)c1cccc(Cl)c1. The topological polar surface area (TPSA) is 81.1 Å². The van der Waals surface area contributed by atoms with Crippen molar-refractivity contribution in [2.45, 2.75) is 13.0 Å². The Hall–Kier alpha value is -2.20. The molecule has 0 heterocycles. The van der Waals surface area contributed by atoms with E-state index in [9.17, 15) is 4.79 Å². The van der Waals surface area contributed by atoms with E-state index in [0.717, 1.165) is 5.56 Å². The fraction of sp³-hybridized carbons (Fsp3) is 0.133. The monoisotopic (exact) mass is 289 g/mol. The molecule has 0 fully saturated rings. The Morgan fingerprint density at radius 2 is 1.95 bits per heavy atom. The Balaban J connectivity index is 2.15. The number of nitrogens with one attached hydrogen (secondary N) is 1. The summed E-state index contributed by atoms with van der Waals surface area (Å²) >= 11 is 5.94. The van der Waals surface area contributed by atoms with Crippen LogP contribution in [0, 0.1) is 0 Å². The minimum Gasteiger partial charge on any atom is -0.399 e. The first-order valence-electron chi connectivity index (χ1n) is 6.18. The molecule has 0 aliphatic rings. The molecule has 0 aliphatic carbocycles. The van der Waals surface area contributed by atoms with E-state index in [1.807, 2.05) is 25.1 Å². The summed E-state index contributed by atoms with van der Waals surface area (Å²) in [7, 11) is 0. The summed E-state index contributed by atoms with van der Waals surface area (Å²) < 4.78 is 0. The summed E-state index contributed by atoms with van der Waals surface area (Å²) in [5.41, 5.74) is 13.6. The molecule has 104 valence electrons. The van der Waals surface area contributed by atoms with Crippen molar-refractivity contribution in [2.75, 3.05) is 11.5 Å². The van der Waals surface area contributed by atoms with Crippen molar-refractivity contribution >= 4 is 28.9 Å². The lowest BCUT2D eigenvalue weighted by molar-refractivity contribution is 0.0941. The van der Waals surface area contributed by atoms with Crippen LogP contribution in [0.15, 0.2) is 42.5 Å². The first-order valence-corrected chi connectivity index (χ1v) is 6.56. The lowest BCUT2D eigenvalue weighted by Gasteiger charge is -2.15. The smallest absolute Gasteiger partial charge is 0.253 e. The second kappa shape index (κ2) is 5.84. The maximum Gasteiger partial charge on any atom is 0.253 e. The van der Waals surface area contributed by atoms with Gasteiger partial charge in [0.25, 0.3) is 5.91 Å². The second-order valence-corrected chi connectivity index (χ2v) is 5.03. The Kier molecular flexibility index (Phi) is 4.15. The Morgan fingerprint density at radius 1 is 1.20 bits per heavy atom. The van der Waals surface area contributed by atoms with E-state index in [1.54, 1.807) is 24.3 Å². The van der Waals surface area contributed by atoms with E-state index in [4.69, 9.17) is 23.1 Å². The van der Waals surface area contributed by atoms with Crippen LogP contribution >= 0.6 is 11.6 Å². The standard InChI is InChI=1S/C15H16ClN3O/c1-9(10-3-2-4-11(16)7-10)19-15(20)13-6-5-12(17)8-14(13)18/h2-9H,17-18H2,1H3,(H,19,20). The maximum atomic E-state index is 12.2. The van der Waals surface area contributed by atoms with Gasteiger partial charge in [0, 0.05) is 16.4 Å². The molecule has 0 bridgehead atoms. The van der Waals surface area contributed by atoms with E-state index in [-0.39, 0.29) is 11.9 Å². The third-order valence-electron chi connectivity index (χ3n) is 3.02. The van der Waals surface area contributed by atoms with Crippen LogP contribution in [0.25, 0.3) is 0 Å². The zero-order chi connectivity index (χ0) is 14.7. The molecule has 2 aromatic carbocycles. The first kappa shape index (κ1) is 14.2. The Morgan fingerprint density at radius 3 is 2.60 bits per heavy atom. The van der Waals surface area contributed by atoms with Crippen LogP contribution in [0.3, 0.4) is 0 Å². The average Bonchev–Trinajstić information content (AvgIpc) is 2.38. The minimum atomic E-state index is -0.241. The Labute approximate surface area is 122 Å². The minimum absolute atomic E-state index is 0.168. The molecule has 0 radical (unpaired) electrons. The third kappa shape index (κ3) is 3.22. The van der Waals surface area contributed by atoms with Gasteiger partial charge in [-0.05, 0) is 42.8 Å². The molecule has 1 amide bonds. The van der Waals surface area contributed by atoms with Gasteiger partial charge in [-0.25, -0.2) is 0 Å². The van der Waals surface area contributed by atoms with E-state index in [0.29, 0.717) is 22.0 Å². The molecule has 2 aromatic rings. The van der Waals surface area contributed by atoms with Crippen molar-refractivity contribution in [3.05, 3.63) is 58.6 Å². The number of halogens is 1. The van der Waals surface area contributed by atoms with Crippen LogP contribution in [0.2, 0.25) is 5.02 Å². The number of hydrogen-bond acceptors (Lipinski definition) is 3. The van der Waals surface area contributed by atoms with E-state index in [1.165, 1.54) is 0 Å². The number of rotatable bonds is 3. The summed E-state index contributed by atoms with van der Waals surface area (Å²) in [5.74, 6) is -0.241. The predicted molar refractivity (Wildman–Crippen MR) is 82.6 cm³/mol. The summed E-state index contributed by atoms with van der Waals surface area (Å²) in [6, 6.07) is 12.0. The lowest BCUT2D eigenvalue weighted by atomic mass is 10.1. The number of amides is 1. The molecule has 0 saturated heterocycles. The highest BCUT2D eigenvalue weighted by molar-refractivity contribution is 6.30. The number of hydrogen-bond donors (Lipinski definition) is 3. The number of benzene rings is 2. The summed E-state index contributed by atoms with van der Waals surface area (Å²) in [6.07, 6.45) is 0. The van der Waals surface area contributed by atoms with Gasteiger partial charge < -0.3 is 16.8 Å². The zero-order valence-electron chi connectivity index (χ0n) is 11.1. The molecular weight excluding hydrogens is 274 g/mol.